The molecule has 0 aromatic rings. The average molecular weight is 240 g/mol. The molecule has 3 N–H and O–H groups in total. The van der Waals surface area contributed by atoms with E-state index >= 15 is 0 Å². The summed E-state index contributed by atoms with van der Waals surface area (Å²) in [5.41, 5.74) is -0.165. The van der Waals surface area contributed by atoms with Crippen molar-refractivity contribution in [2.75, 3.05) is 19.6 Å². The number of carbonyl (C=O) groups is 1. The molecule has 1 saturated carbocycles. The third-order valence-corrected chi connectivity index (χ3v) is 4.18. The zero-order chi connectivity index (χ0) is 12.1. The summed E-state index contributed by atoms with van der Waals surface area (Å²) in [6.07, 6.45) is 8.36. The Morgan fingerprint density at radius 2 is 2.06 bits per heavy atom. The Morgan fingerprint density at radius 3 is 2.59 bits per heavy atom. The Labute approximate surface area is 103 Å². The summed E-state index contributed by atoms with van der Waals surface area (Å²) in [6, 6.07) is 0. The van der Waals surface area contributed by atoms with Gasteiger partial charge in [-0.25, -0.2) is 0 Å². The standard InChI is InChI=1S/C13H24N2O2/c16-12(17)8-13(9-14-10-13)15-7-3-6-11-4-1-2-5-11/h11,14-15H,1-10H2,(H,16,17). The van der Waals surface area contributed by atoms with Crippen molar-refractivity contribution in [2.24, 2.45) is 5.92 Å². The molecule has 1 saturated heterocycles. The van der Waals surface area contributed by atoms with Gasteiger partial charge in [0.15, 0.2) is 0 Å². The topological polar surface area (TPSA) is 61.4 Å². The van der Waals surface area contributed by atoms with Gasteiger partial charge in [-0.3, -0.25) is 4.79 Å². The van der Waals surface area contributed by atoms with Crippen LogP contribution < -0.4 is 10.6 Å². The van der Waals surface area contributed by atoms with Gasteiger partial charge in [0.05, 0.1) is 12.0 Å². The predicted octanol–water partition coefficient (Wildman–Crippen LogP) is 1.36. The number of hydrogen-bond donors (Lipinski definition) is 3. The lowest BCUT2D eigenvalue weighted by atomic mass is 9.88. The van der Waals surface area contributed by atoms with Crippen LogP contribution in [-0.4, -0.2) is 36.2 Å². The Kier molecular flexibility index (Phi) is 4.40. The maximum Gasteiger partial charge on any atom is 0.305 e. The molecule has 1 aliphatic heterocycles. The average Bonchev–Trinajstić information content (AvgIpc) is 2.72. The van der Waals surface area contributed by atoms with Crippen LogP contribution in [-0.2, 0) is 4.79 Å². The monoisotopic (exact) mass is 240 g/mol. The van der Waals surface area contributed by atoms with Crippen LogP contribution in [0.15, 0.2) is 0 Å². The molecule has 1 heterocycles. The lowest BCUT2D eigenvalue weighted by Gasteiger charge is -2.42. The van der Waals surface area contributed by atoms with E-state index in [1.165, 1.54) is 38.5 Å². The first-order chi connectivity index (χ1) is 8.20. The van der Waals surface area contributed by atoms with Gasteiger partial charge in [-0.15, -0.1) is 0 Å². The third-order valence-electron chi connectivity index (χ3n) is 4.18. The van der Waals surface area contributed by atoms with E-state index in [4.69, 9.17) is 5.11 Å². The Morgan fingerprint density at radius 1 is 1.35 bits per heavy atom. The van der Waals surface area contributed by atoms with Crippen LogP contribution in [0.4, 0.5) is 0 Å². The van der Waals surface area contributed by atoms with Gasteiger partial charge in [0.25, 0.3) is 0 Å². The molecule has 1 aliphatic carbocycles. The third kappa shape index (κ3) is 3.68. The van der Waals surface area contributed by atoms with Crippen LogP contribution in [0.5, 0.6) is 0 Å². The number of rotatable bonds is 7. The van der Waals surface area contributed by atoms with Crippen LogP contribution in [0, 0.1) is 5.92 Å². The summed E-state index contributed by atoms with van der Waals surface area (Å²) < 4.78 is 0. The molecule has 4 heteroatoms. The molecular weight excluding hydrogens is 216 g/mol. The lowest BCUT2D eigenvalue weighted by molar-refractivity contribution is -0.139. The molecule has 2 aliphatic rings. The lowest BCUT2D eigenvalue weighted by Crippen LogP contribution is -2.68. The Hall–Kier alpha value is -0.610. The van der Waals surface area contributed by atoms with Crippen molar-refractivity contribution >= 4 is 5.97 Å². The van der Waals surface area contributed by atoms with Gasteiger partial charge in [-0.2, -0.15) is 0 Å². The van der Waals surface area contributed by atoms with E-state index in [2.05, 4.69) is 10.6 Å². The summed E-state index contributed by atoms with van der Waals surface area (Å²) in [4.78, 5) is 10.8. The molecule has 4 nitrogen and oxygen atoms in total. The second kappa shape index (κ2) is 5.83. The van der Waals surface area contributed by atoms with E-state index in [0.29, 0.717) is 0 Å². The minimum absolute atomic E-state index is 0.165. The second-order valence-electron chi connectivity index (χ2n) is 5.67. The van der Waals surface area contributed by atoms with Gasteiger partial charge < -0.3 is 15.7 Å². The summed E-state index contributed by atoms with van der Waals surface area (Å²) in [5, 5.41) is 15.5. The summed E-state index contributed by atoms with van der Waals surface area (Å²) >= 11 is 0. The van der Waals surface area contributed by atoms with Crippen molar-refractivity contribution in [1.29, 1.82) is 0 Å². The molecule has 98 valence electrons. The number of nitrogens with one attached hydrogen (secondary N) is 2. The largest absolute Gasteiger partial charge is 0.481 e. The molecule has 0 radical (unpaired) electrons. The fourth-order valence-electron chi connectivity index (χ4n) is 3.07. The molecule has 0 amide bonds. The smallest absolute Gasteiger partial charge is 0.305 e. The van der Waals surface area contributed by atoms with Crippen LogP contribution in [0.25, 0.3) is 0 Å². The minimum Gasteiger partial charge on any atom is -0.481 e. The molecular formula is C13H24N2O2. The van der Waals surface area contributed by atoms with E-state index in [0.717, 1.165) is 25.6 Å². The molecule has 17 heavy (non-hydrogen) atoms. The molecule has 0 spiro atoms. The first-order valence-electron chi connectivity index (χ1n) is 6.88. The molecule has 0 atom stereocenters. The summed E-state index contributed by atoms with van der Waals surface area (Å²) in [5.74, 6) is 0.238. The molecule has 2 rings (SSSR count). The fourth-order valence-corrected chi connectivity index (χ4v) is 3.07. The highest BCUT2D eigenvalue weighted by atomic mass is 16.4. The van der Waals surface area contributed by atoms with Crippen LogP contribution >= 0.6 is 0 Å². The van der Waals surface area contributed by atoms with Gasteiger partial charge in [0, 0.05) is 13.1 Å². The zero-order valence-corrected chi connectivity index (χ0v) is 10.5. The van der Waals surface area contributed by atoms with Crippen molar-refractivity contribution in [1.82, 2.24) is 10.6 Å². The van der Waals surface area contributed by atoms with E-state index in [9.17, 15) is 4.79 Å². The van der Waals surface area contributed by atoms with Gasteiger partial charge in [-0.05, 0) is 25.3 Å². The zero-order valence-electron chi connectivity index (χ0n) is 10.5. The molecule has 0 bridgehead atoms. The van der Waals surface area contributed by atoms with Crippen molar-refractivity contribution < 1.29 is 9.90 Å². The normalized spacial score (nSPS) is 23.5. The van der Waals surface area contributed by atoms with Gasteiger partial charge in [0.2, 0.25) is 0 Å². The summed E-state index contributed by atoms with van der Waals surface area (Å²) in [6.45, 7) is 2.55. The van der Waals surface area contributed by atoms with Crippen LogP contribution in [0.1, 0.15) is 44.9 Å². The molecule has 0 aromatic heterocycles. The van der Waals surface area contributed by atoms with Crippen molar-refractivity contribution in [3.05, 3.63) is 0 Å². The van der Waals surface area contributed by atoms with Crippen molar-refractivity contribution in [2.45, 2.75) is 50.5 Å². The number of carboxylic acids is 1. The number of hydrogen-bond acceptors (Lipinski definition) is 3. The Balaban J connectivity index is 1.61. The quantitative estimate of drug-likeness (QED) is 0.588. The highest BCUT2D eigenvalue weighted by molar-refractivity contribution is 5.68. The van der Waals surface area contributed by atoms with Crippen molar-refractivity contribution in [3.8, 4) is 0 Å². The fraction of sp³-hybridized carbons (Fsp3) is 0.923. The second-order valence-corrected chi connectivity index (χ2v) is 5.67. The van der Waals surface area contributed by atoms with Crippen LogP contribution in [0.3, 0.4) is 0 Å². The summed E-state index contributed by atoms with van der Waals surface area (Å²) in [7, 11) is 0. The molecule has 0 aromatic carbocycles. The van der Waals surface area contributed by atoms with Gasteiger partial charge in [0.1, 0.15) is 0 Å². The van der Waals surface area contributed by atoms with Crippen LogP contribution in [0.2, 0.25) is 0 Å². The van der Waals surface area contributed by atoms with Crippen molar-refractivity contribution in [3.63, 3.8) is 0 Å². The van der Waals surface area contributed by atoms with E-state index < -0.39 is 5.97 Å². The molecule has 2 fully saturated rings. The highest BCUT2D eigenvalue weighted by Gasteiger charge is 2.38. The molecule has 0 unspecified atom stereocenters. The van der Waals surface area contributed by atoms with E-state index in [1.807, 2.05) is 0 Å². The SMILES string of the molecule is O=C(O)CC1(NCCCC2CCCC2)CNC1. The first kappa shape index (κ1) is 12.8. The number of carboxylic acid groups (broad SMARTS) is 1. The highest BCUT2D eigenvalue weighted by Crippen LogP contribution is 2.28. The first-order valence-corrected chi connectivity index (χ1v) is 6.88. The predicted molar refractivity (Wildman–Crippen MR) is 67.0 cm³/mol. The minimum atomic E-state index is -0.699. The van der Waals surface area contributed by atoms with E-state index in [1.54, 1.807) is 0 Å². The Bertz CT molecular complexity index is 258. The van der Waals surface area contributed by atoms with Gasteiger partial charge >= 0.3 is 5.97 Å². The van der Waals surface area contributed by atoms with E-state index in [-0.39, 0.29) is 12.0 Å². The van der Waals surface area contributed by atoms with Gasteiger partial charge in [-0.1, -0.05) is 25.7 Å². The maximum absolute atomic E-state index is 10.8. The number of aliphatic carboxylic acids is 1. The maximum atomic E-state index is 10.8.